The van der Waals surface area contributed by atoms with Gasteiger partial charge in [-0.05, 0) is 39.2 Å². The second-order valence-electron chi connectivity index (χ2n) is 5.13. The van der Waals surface area contributed by atoms with Crippen LogP contribution in [0.25, 0.3) is 0 Å². The summed E-state index contributed by atoms with van der Waals surface area (Å²) < 4.78 is 5.91. The van der Waals surface area contributed by atoms with Gasteiger partial charge in [0.15, 0.2) is 0 Å². The number of nitrogens with one attached hydrogen (secondary N) is 1. The summed E-state index contributed by atoms with van der Waals surface area (Å²) in [6, 6.07) is 6.64. The van der Waals surface area contributed by atoms with Crippen molar-refractivity contribution in [2.24, 2.45) is 5.84 Å². The van der Waals surface area contributed by atoms with Crippen molar-refractivity contribution in [1.82, 2.24) is 5.43 Å². The van der Waals surface area contributed by atoms with E-state index in [2.05, 4.69) is 44.4 Å². The van der Waals surface area contributed by atoms with Crippen LogP contribution in [0.2, 0.25) is 0 Å². The molecule has 1 aliphatic heterocycles. The Morgan fingerprint density at radius 1 is 1.24 bits per heavy atom. The number of benzene rings is 1. The minimum absolute atomic E-state index is 0.0959. The lowest BCUT2D eigenvalue weighted by Crippen LogP contribution is -2.36. The van der Waals surface area contributed by atoms with Gasteiger partial charge in [-0.15, -0.1) is 0 Å². The molecule has 3 heteroatoms. The fourth-order valence-electron chi connectivity index (χ4n) is 2.69. The van der Waals surface area contributed by atoms with Crippen LogP contribution in [0.15, 0.2) is 18.2 Å². The van der Waals surface area contributed by atoms with E-state index in [4.69, 9.17) is 10.6 Å². The zero-order valence-electron chi connectivity index (χ0n) is 10.9. The van der Waals surface area contributed by atoms with Gasteiger partial charge in [-0.25, -0.2) is 0 Å². The van der Waals surface area contributed by atoms with Crippen LogP contribution in [-0.2, 0) is 4.74 Å². The molecule has 1 saturated heterocycles. The molecular weight excluding hydrogens is 212 g/mol. The number of rotatable bonds is 3. The van der Waals surface area contributed by atoms with E-state index in [0.717, 1.165) is 12.8 Å². The molecule has 1 aromatic rings. The number of aryl methyl sites for hydroxylation is 2. The van der Waals surface area contributed by atoms with Gasteiger partial charge in [-0.1, -0.05) is 29.3 Å². The van der Waals surface area contributed by atoms with Crippen LogP contribution in [0.3, 0.4) is 0 Å². The van der Waals surface area contributed by atoms with Crippen molar-refractivity contribution in [3.8, 4) is 0 Å². The molecule has 1 aliphatic rings. The Hall–Kier alpha value is -0.900. The van der Waals surface area contributed by atoms with Crippen LogP contribution in [0, 0.1) is 13.8 Å². The summed E-state index contributed by atoms with van der Waals surface area (Å²) in [6.07, 6.45) is 2.73. The van der Waals surface area contributed by atoms with E-state index in [9.17, 15) is 0 Å². The van der Waals surface area contributed by atoms with Crippen LogP contribution in [0.5, 0.6) is 0 Å². The molecule has 3 nitrogen and oxygen atoms in total. The van der Waals surface area contributed by atoms with Gasteiger partial charge in [0.2, 0.25) is 0 Å². The number of hydrogen-bond donors (Lipinski definition) is 2. The standard InChI is InChI=1S/C14H22N2O/c1-9-6-10(2)8-12(7-9)14(16-15)13-5-4-11(3)17-13/h6-8,11,13-14,16H,4-5,15H2,1-3H3. The number of ether oxygens (including phenoxy) is 1. The molecule has 0 aromatic heterocycles. The smallest absolute Gasteiger partial charge is 0.0787 e. The Kier molecular flexibility index (Phi) is 3.82. The maximum atomic E-state index is 5.91. The van der Waals surface area contributed by atoms with E-state index in [1.165, 1.54) is 16.7 Å². The molecule has 17 heavy (non-hydrogen) atoms. The summed E-state index contributed by atoms with van der Waals surface area (Å²) in [7, 11) is 0. The summed E-state index contributed by atoms with van der Waals surface area (Å²) in [5.41, 5.74) is 6.68. The summed E-state index contributed by atoms with van der Waals surface area (Å²) in [5.74, 6) is 5.70. The minimum atomic E-state index is 0.0959. The van der Waals surface area contributed by atoms with Crippen molar-refractivity contribution in [3.63, 3.8) is 0 Å². The highest BCUT2D eigenvalue weighted by molar-refractivity contribution is 5.31. The van der Waals surface area contributed by atoms with Gasteiger partial charge in [0, 0.05) is 0 Å². The van der Waals surface area contributed by atoms with Gasteiger partial charge in [-0.3, -0.25) is 11.3 Å². The molecule has 0 amide bonds. The molecule has 1 heterocycles. The molecule has 3 atom stereocenters. The van der Waals surface area contributed by atoms with Gasteiger partial charge in [0.25, 0.3) is 0 Å². The normalized spacial score (nSPS) is 26.1. The van der Waals surface area contributed by atoms with Gasteiger partial charge in [-0.2, -0.15) is 0 Å². The number of hydrogen-bond acceptors (Lipinski definition) is 3. The SMILES string of the molecule is Cc1cc(C)cc(C(NN)C2CCC(C)O2)c1. The molecule has 1 fully saturated rings. The fraction of sp³-hybridized carbons (Fsp3) is 0.571. The van der Waals surface area contributed by atoms with E-state index in [1.54, 1.807) is 0 Å². The third kappa shape index (κ3) is 2.86. The first-order valence-electron chi connectivity index (χ1n) is 6.30. The predicted octanol–water partition coefficient (Wildman–Crippen LogP) is 2.38. The van der Waals surface area contributed by atoms with Gasteiger partial charge in [0.05, 0.1) is 18.2 Å². The van der Waals surface area contributed by atoms with E-state index >= 15 is 0 Å². The third-order valence-electron chi connectivity index (χ3n) is 3.42. The highest BCUT2D eigenvalue weighted by Crippen LogP contribution is 2.30. The third-order valence-corrected chi connectivity index (χ3v) is 3.42. The molecule has 0 bridgehead atoms. The molecule has 94 valence electrons. The first kappa shape index (κ1) is 12.6. The zero-order valence-corrected chi connectivity index (χ0v) is 10.9. The lowest BCUT2D eigenvalue weighted by Gasteiger charge is -2.24. The Bertz CT molecular complexity index is 372. The largest absolute Gasteiger partial charge is 0.373 e. The Morgan fingerprint density at radius 2 is 1.88 bits per heavy atom. The Labute approximate surface area is 103 Å². The van der Waals surface area contributed by atoms with Gasteiger partial charge < -0.3 is 4.74 Å². The van der Waals surface area contributed by atoms with Crippen molar-refractivity contribution >= 4 is 0 Å². The highest BCUT2D eigenvalue weighted by Gasteiger charge is 2.30. The van der Waals surface area contributed by atoms with E-state index in [-0.39, 0.29) is 12.1 Å². The van der Waals surface area contributed by atoms with Gasteiger partial charge >= 0.3 is 0 Å². The molecule has 3 unspecified atom stereocenters. The minimum Gasteiger partial charge on any atom is -0.373 e. The second kappa shape index (κ2) is 5.17. The van der Waals surface area contributed by atoms with Crippen LogP contribution in [0.4, 0.5) is 0 Å². The summed E-state index contributed by atoms with van der Waals surface area (Å²) in [4.78, 5) is 0. The topological polar surface area (TPSA) is 47.3 Å². The van der Waals surface area contributed by atoms with E-state index in [1.807, 2.05) is 0 Å². The van der Waals surface area contributed by atoms with Crippen LogP contribution in [-0.4, -0.2) is 12.2 Å². The fourth-order valence-corrected chi connectivity index (χ4v) is 2.69. The summed E-state index contributed by atoms with van der Waals surface area (Å²) in [6.45, 7) is 6.35. The van der Waals surface area contributed by atoms with Gasteiger partial charge in [0.1, 0.15) is 0 Å². The second-order valence-corrected chi connectivity index (χ2v) is 5.13. The maximum absolute atomic E-state index is 5.91. The average molecular weight is 234 g/mol. The lowest BCUT2D eigenvalue weighted by molar-refractivity contribution is 0.0316. The molecule has 1 aromatic carbocycles. The number of hydrazine groups is 1. The summed E-state index contributed by atoms with van der Waals surface area (Å²) >= 11 is 0. The summed E-state index contributed by atoms with van der Waals surface area (Å²) in [5, 5.41) is 0. The quantitative estimate of drug-likeness (QED) is 0.623. The zero-order chi connectivity index (χ0) is 12.4. The average Bonchev–Trinajstić information content (AvgIpc) is 2.64. The van der Waals surface area contributed by atoms with Crippen molar-refractivity contribution in [2.45, 2.75) is 51.9 Å². The van der Waals surface area contributed by atoms with Crippen LogP contribution >= 0.6 is 0 Å². The van der Waals surface area contributed by atoms with Crippen LogP contribution < -0.4 is 11.3 Å². The monoisotopic (exact) mass is 234 g/mol. The first-order chi connectivity index (χ1) is 8.10. The number of nitrogens with two attached hydrogens (primary N) is 1. The Balaban J connectivity index is 2.22. The lowest BCUT2D eigenvalue weighted by atomic mass is 9.96. The molecule has 0 aliphatic carbocycles. The maximum Gasteiger partial charge on any atom is 0.0787 e. The first-order valence-corrected chi connectivity index (χ1v) is 6.30. The van der Waals surface area contributed by atoms with E-state index in [0.29, 0.717) is 6.10 Å². The molecule has 0 radical (unpaired) electrons. The van der Waals surface area contributed by atoms with E-state index < -0.39 is 0 Å². The highest BCUT2D eigenvalue weighted by atomic mass is 16.5. The van der Waals surface area contributed by atoms with Crippen LogP contribution in [0.1, 0.15) is 42.5 Å². The molecular formula is C14H22N2O. The van der Waals surface area contributed by atoms with Crippen molar-refractivity contribution in [3.05, 3.63) is 34.9 Å². The Morgan fingerprint density at radius 3 is 2.35 bits per heavy atom. The molecule has 3 N–H and O–H groups in total. The molecule has 0 spiro atoms. The molecule has 2 rings (SSSR count). The molecule has 0 saturated carbocycles. The van der Waals surface area contributed by atoms with Crippen molar-refractivity contribution in [1.29, 1.82) is 0 Å². The van der Waals surface area contributed by atoms with Crippen molar-refractivity contribution in [2.75, 3.05) is 0 Å². The van der Waals surface area contributed by atoms with Crippen molar-refractivity contribution < 1.29 is 4.74 Å². The predicted molar refractivity (Wildman–Crippen MR) is 69.5 cm³/mol.